The third-order valence-corrected chi connectivity index (χ3v) is 4.62. The summed E-state index contributed by atoms with van der Waals surface area (Å²) < 4.78 is 1.85. The molecule has 2 amide bonds. The molecule has 0 atom stereocenters. The molecule has 0 aliphatic rings. The molecule has 0 saturated carbocycles. The number of halogens is 3. The van der Waals surface area contributed by atoms with Gasteiger partial charge in [-0.1, -0.05) is 0 Å². The highest BCUT2D eigenvalue weighted by molar-refractivity contribution is 14.1. The van der Waals surface area contributed by atoms with E-state index in [1.807, 2.05) is 67.8 Å². The molecular formula is C11H11I3N2O4. The summed E-state index contributed by atoms with van der Waals surface area (Å²) in [6.07, 6.45) is 0. The van der Waals surface area contributed by atoms with Crippen LogP contribution in [-0.2, 0) is 4.79 Å². The molecule has 1 aromatic carbocycles. The minimum absolute atomic E-state index is 0.181. The number of carboxylic acids is 1. The van der Waals surface area contributed by atoms with Gasteiger partial charge in [0.05, 0.1) is 11.1 Å². The number of carboxylic acid groups (broad SMARTS) is 1. The summed E-state index contributed by atoms with van der Waals surface area (Å²) in [6, 6.07) is 1.69. The smallest absolute Gasteiger partial charge is 0.337 e. The first-order valence-electron chi connectivity index (χ1n) is 5.02. The fourth-order valence-electron chi connectivity index (χ4n) is 1.12. The van der Waals surface area contributed by atoms with Crippen molar-refractivity contribution >= 4 is 85.6 Å². The van der Waals surface area contributed by atoms with Gasteiger partial charge in [-0.05, 0) is 73.8 Å². The lowest BCUT2D eigenvalue weighted by Crippen LogP contribution is -2.22. The number of benzene rings is 1. The lowest BCUT2D eigenvalue weighted by Gasteiger charge is -2.10. The largest absolute Gasteiger partial charge is 0.478 e. The third kappa shape index (κ3) is 5.67. The van der Waals surface area contributed by atoms with Crippen molar-refractivity contribution in [1.82, 2.24) is 5.32 Å². The SMILES string of the molecule is CC(N)=O.CNC(=O)c1c(I)cc(I)c(C(=O)O)c1I. The van der Waals surface area contributed by atoms with E-state index in [1.54, 1.807) is 6.07 Å². The molecule has 0 unspecified atom stereocenters. The predicted octanol–water partition coefficient (Wildman–Crippen LogP) is 2.05. The van der Waals surface area contributed by atoms with Gasteiger partial charge in [-0.25, -0.2) is 4.79 Å². The maximum Gasteiger partial charge on any atom is 0.337 e. The van der Waals surface area contributed by atoms with Gasteiger partial charge in [0.25, 0.3) is 5.91 Å². The minimum Gasteiger partial charge on any atom is -0.478 e. The van der Waals surface area contributed by atoms with E-state index < -0.39 is 5.97 Å². The van der Waals surface area contributed by atoms with Crippen molar-refractivity contribution in [2.45, 2.75) is 6.92 Å². The highest BCUT2D eigenvalue weighted by Crippen LogP contribution is 2.27. The van der Waals surface area contributed by atoms with E-state index in [9.17, 15) is 14.4 Å². The fourth-order valence-corrected chi connectivity index (χ4v) is 5.44. The van der Waals surface area contributed by atoms with Crippen LogP contribution in [0.5, 0.6) is 0 Å². The number of amides is 2. The molecule has 20 heavy (non-hydrogen) atoms. The average molecular weight is 616 g/mol. The van der Waals surface area contributed by atoms with Crippen LogP contribution in [0.1, 0.15) is 27.6 Å². The van der Waals surface area contributed by atoms with Crippen LogP contribution >= 0.6 is 67.8 Å². The molecule has 0 bridgehead atoms. The Kier molecular flexibility index (Phi) is 8.88. The molecule has 0 radical (unpaired) electrons. The molecule has 0 aliphatic carbocycles. The first-order valence-corrected chi connectivity index (χ1v) is 8.26. The predicted molar refractivity (Wildman–Crippen MR) is 99.8 cm³/mol. The zero-order chi connectivity index (χ0) is 16.0. The van der Waals surface area contributed by atoms with Crippen molar-refractivity contribution in [3.63, 3.8) is 0 Å². The van der Waals surface area contributed by atoms with Crippen molar-refractivity contribution in [3.8, 4) is 0 Å². The van der Waals surface area contributed by atoms with Gasteiger partial charge in [-0.15, -0.1) is 0 Å². The Morgan fingerprint density at radius 3 is 1.90 bits per heavy atom. The highest BCUT2D eigenvalue weighted by Gasteiger charge is 2.22. The molecule has 9 heteroatoms. The van der Waals surface area contributed by atoms with Gasteiger partial charge in [-0.3, -0.25) is 9.59 Å². The number of carbonyl (C=O) groups is 3. The number of rotatable bonds is 2. The molecule has 0 saturated heterocycles. The van der Waals surface area contributed by atoms with Crippen molar-refractivity contribution < 1.29 is 19.5 Å². The molecular weight excluding hydrogens is 605 g/mol. The molecule has 0 spiro atoms. The minimum atomic E-state index is -1.02. The van der Waals surface area contributed by atoms with Gasteiger partial charge in [-0.2, -0.15) is 0 Å². The van der Waals surface area contributed by atoms with E-state index in [0.29, 0.717) is 12.7 Å². The molecule has 110 valence electrons. The van der Waals surface area contributed by atoms with Crippen LogP contribution in [-0.4, -0.2) is 29.9 Å². The quantitative estimate of drug-likeness (QED) is 0.443. The number of nitrogens with one attached hydrogen (secondary N) is 1. The van der Waals surface area contributed by atoms with Crippen molar-refractivity contribution in [3.05, 3.63) is 27.9 Å². The van der Waals surface area contributed by atoms with Crippen LogP contribution in [0.2, 0.25) is 0 Å². The Labute approximate surface area is 156 Å². The Morgan fingerprint density at radius 2 is 1.55 bits per heavy atom. The van der Waals surface area contributed by atoms with E-state index in [1.165, 1.54) is 14.0 Å². The number of primary amides is 1. The zero-order valence-electron chi connectivity index (χ0n) is 10.5. The van der Waals surface area contributed by atoms with Crippen LogP contribution in [0.4, 0.5) is 0 Å². The zero-order valence-corrected chi connectivity index (χ0v) is 16.9. The summed E-state index contributed by atoms with van der Waals surface area (Å²) in [6.45, 7) is 1.31. The first-order chi connectivity index (χ1) is 9.13. The second kappa shape index (κ2) is 8.96. The average Bonchev–Trinajstić information content (AvgIpc) is 2.26. The van der Waals surface area contributed by atoms with Crippen molar-refractivity contribution in [2.75, 3.05) is 7.05 Å². The maximum atomic E-state index is 11.6. The van der Waals surface area contributed by atoms with Crippen LogP contribution < -0.4 is 11.1 Å². The van der Waals surface area contributed by atoms with Gasteiger partial charge in [0.15, 0.2) is 0 Å². The molecule has 0 fully saturated rings. The second-order valence-electron chi connectivity index (χ2n) is 3.40. The number of hydrogen-bond acceptors (Lipinski definition) is 3. The van der Waals surface area contributed by atoms with Crippen LogP contribution in [0, 0.1) is 10.7 Å². The van der Waals surface area contributed by atoms with Gasteiger partial charge in [0, 0.05) is 24.7 Å². The van der Waals surface area contributed by atoms with Crippen molar-refractivity contribution in [1.29, 1.82) is 0 Å². The summed E-state index contributed by atoms with van der Waals surface area (Å²) in [5.74, 6) is -1.62. The fraction of sp³-hybridized carbons (Fsp3) is 0.182. The van der Waals surface area contributed by atoms with Gasteiger partial charge in [0.1, 0.15) is 0 Å². The van der Waals surface area contributed by atoms with E-state index >= 15 is 0 Å². The molecule has 1 aromatic rings. The van der Waals surface area contributed by atoms with E-state index in [-0.39, 0.29) is 17.4 Å². The lowest BCUT2D eigenvalue weighted by atomic mass is 10.1. The highest BCUT2D eigenvalue weighted by atomic mass is 127. The Morgan fingerprint density at radius 1 is 1.15 bits per heavy atom. The van der Waals surface area contributed by atoms with E-state index in [4.69, 9.17) is 5.11 Å². The third-order valence-electron chi connectivity index (χ3n) is 1.84. The Balaban J connectivity index is 0.000000796. The normalized spacial score (nSPS) is 9.25. The van der Waals surface area contributed by atoms with E-state index in [0.717, 1.165) is 3.57 Å². The van der Waals surface area contributed by atoms with Gasteiger partial charge >= 0.3 is 5.97 Å². The molecule has 0 aliphatic heterocycles. The number of carbonyl (C=O) groups excluding carboxylic acids is 2. The summed E-state index contributed by atoms with van der Waals surface area (Å²) >= 11 is 5.88. The topological polar surface area (TPSA) is 109 Å². The monoisotopic (exact) mass is 616 g/mol. The Bertz CT molecular complexity index is 557. The maximum absolute atomic E-state index is 11.6. The summed E-state index contributed by atoms with van der Waals surface area (Å²) in [4.78, 5) is 31.9. The number of hydrogen-bond donors (Lipinski definition) is 3. The molecule has 1 rings (SSSR count). The number of nitrogens with two attached hydrogens (primary N) is 1. The standard InChI is InChI=1S/C9H6I3NO3.C2H5NO/c1-13-8(14)5-3(10)2-4(11)6(7(5)12)9(15)16;1-2(3)4/h2H,1H3,(H,13,14)(H,15,16);1H3,(H2,3,4). The summed E-state index contributed by atoms with van der Waals surface area (Å²) in [7, 11) is 1.52. The van der Waals surface area contributed by atoms with Crippen LogP contribution in [0.3, 0.4) is 0 Å². The van der Waals surface area contributed by atoms with Gasteiger partial charge in [0.2, 0.25) is 5.91 Å². The van der Waals surface area contributed by atoms with Gasteiger partial charge < -0.3 is 16.2 Å². The molecule has 6 nitrogen and oxygen atoms in total. The number of aromatic carboxylic acids is 1. The van der Waals surface area contributed by atoms with Crippen LogP contribution in [0.25, 0.3) is 0 Å². The lowest BCUT2D eigenvalue weighted by molar-refractivity contribution is -0.115. The van der Waals surface area contributed by atoms with Crippen LogP contribution in [0.15, 0.2) is 6.07 Å². The first kappa shape index (κ1) is 19.8. The van der Waals surface area contributed by atoms with E-state index in [2.05, 4.69) is 11.1 Å². The Hall–Kier alpha value is -0.180. The molecule has 4 N–H and O–H groups in total. The molecule has 0 heterocycles. The summed E-state index contributed by atoms with van der Waals surface area (Å²) in [5.41, 5.74) is 5.07. The van der Waals surface area contributed by atoms with Crippen molar-refractivity contribution in [2.24, 2.45) is 5.73 Å². The molecule has 0 aromatic heterocycles. The second-order valence-corrected chi connectivity index (χ2v) is 6.80. The summed E-state index contributed by atoms with van der Waals surface area (Å²) in [5, 5.41) is 11.6.